The largest absolute Gasteiger partial charge is 0.451 e. The van der Waals surface area contributed by atoms with Gasteiger partial charge in [0, 0.05) is 6.04 Å². The predicted molar refractivity (Wildman–Crippen MR) is 68.1 cm³/mol. The minimum absolute atomic E-state index is 0.0820. The topological polar surface area (TPSA) is 62.5 Å². The van der Waals surface area contributed by atoms with Gasteiger partial charge < -0.3 is 14.8 Å². The van der Waals surface area contributed by atoms with Crippen molar-refractivity contribution in [2.75, 3.05) is 6.61 Å². The molecule has 1 heterocycles. The summed E-state index contributed by atoms with van der Waals surface area (Å²) in [5.41, 5.74) is 0.303. The molecule has 0 spiro atoms. The van der Waals surface area contributed by atoms with E-state index in [1.54, 1.807) is 25.1 Å². The Morgan fingerprint density at radius 1 is 1.37 bits per heavy atom. The van der Waals surface area contributed by atoms with Gasteiger partial charge in [-0.05, 0) is 31.2 Å². The van der Waals surface area contributed by atoms with Crippen LogP contribution in [0, 0.1) is 5.82 Å². The van der Waals surface area contributed by atoms with Crippen molar-refractivity contribution in [3.63, 3.8) is 0 Å². The molecule has 0 unspecified atom stereocenters. The number of nitrogens with one attached hydrogen (secondary N) is 1. The third-order valence-corrected chi connectivity index (χ3v) is 2.62. The maximum atomic E-state index is 13.6. The van der Waals surface area contributed by atoms with Crippen LogP contribution in [0.15, 0.2) is 40.8 Å². The summed E-state index contributed by atoms with van der Waals surface area (Å²) < 4.78 is 18.9. The Morgan fingerprint density at radius 3 is 2.79 bits per heavy atom. The van der Waals surface area contributed by atoms with Crippen LogP contribution < -0.4 is 5.32 Å². The molecular formula is C14H14FNO3. The number of furan rings is 1. The van der Waals surface area contributed by atoms with Gasteiger partial charge in [0.25, 0.3) is 5.91 Å². The van der Waals surface area contributed by atoms with Crippen LogP contribution in [0.25, 0.3) is 11.3 Å². The van der Waals surface area contributed by atoms with Gasteiger partial charge in [-0.15, -0.1) is 0 Å². The Morgan fingerprint density at radius 2 is 2.11 bits per heavy atom. The molecule has 0 aliphatic carbocycles. The molecule has 1 amide bonds. The molecule has 0 radical (unpaired) electrons. The summed E-state index contributed by atoms with van der Waals surface area (Å²) in [6.07, 6.45) is 0. The molecule has 2 rings (SSSR count). The number of aliphatic hydroxyl groups is 1. The van der Waals surface area contributed by atoms with Crippen molar-refractivity contribution in [3.05, 3.63) is 48.0 Å². The lowest BCUT2D eigenvalue weighted by molar-refractivity contribution is 0.0895. The van der Waals surface area contributed by atoms with Gasteiger partial charge in [-0.2, -0.15) is 0 Å². The summed E-state index contributed by atoms with van der Waals surface area (Å²) >= 11 is 0. The Hall–Kier alpha value is -2.14. The summed E-state index contributed by atoms with van der Waals surface area (Å²) in [6, 6.07) is 8.82. The van der Waals surface area contributed by atoms with E-state index in [0.29, 0.717) is 11.3 Å². The lowest BCUT2D eigenvalue weighted by Gasteiger charge is -2.08. The first-order valence-corrected chi connectivity index (χ1v) is 5.88. The van der Waals surface area contributed by atoms with Gasteiger partial charge in [0.2, 0.25) is 0 Å². The van der Waals surface area contributed by atoms with E-state index in [1.165, 1.54) is 18.2 Å². The fraction of sp³-hybridized carbons (Fsp3) is 0.214. The number of benzene rings is 1. The van der Waals surface area contributed by atoms with Gasteiger partial charge in [-0.1, -0.05) is 12.1 Å². The van der Waals surface area contributed by atoms with Crippen LogP contribution in [0.1, 0.15) is 17.5 Å². The standard InChI is InChI=1S/C14H14FNO3/c1-9(8-17)16-14(18)13-7-6-12(19-13)10-4-2-3-5-11(10)15/h2-7,9,17H,8H2,1H3,(H,16,18)/t9-/m0/s1. The zero-order chi connectivity index (χ0) is 13.8. The normalized spacial score (nSPS) is 12.2. The minimum Gasteiger partial charge on any atom is -0.451 e. The Labute approximate surface area is 109 Å². The molecule has 0 saturated heterocycles. The molecule has 0 aliphatic rings. The van der Waals surface area contributed by atoms with E-state index in [4.69, 9.17) is 9.52 Å². The first kappa shape index (κ1) is 13.3. The second kappa shape index (κ2) is 5.67. The zero-order valence-electron chi connectivity index (χ0n) is 10.4. The zero-order valence-corrected chi connectivity index (χ0v) is 10.4. The first-order chi connectivity index (χ1) is 9.11. The number of hydrogen-bond donors (Lipinski definition) is 2. The molecule has 0 fully saturated rings. The number of carbonyl (C=O) groups excluding carboxylic acids is 1. The molecule has 1 aromatic heterocycles. The summed E-state index contributed by atoms with van der Waals surface area (Å²) in [5, 5.41) is 11.4. The minimum atomic E-state index is -0.441. The molecule has 100 valence electrons. The first-order valence-electron chi connectivity index (χ1n) is 5.88. The van der Waals surface area contributed by atoms with Gasteiger partial charge in [0.05, 0.1) is 12.2 Å². The molecule has 4 nitrogen and oxygen atoms in total. The summed E-state index contributed by atoms with van der Waals surface area (Å²) in [4.78, 5) is 11.7. The maximum Gasteiger partial charge on any atom is 0.287 e. The highest BCUT2D eigenvalue weighted by atomic mass is 19.1. The molecule has 0 aliphatic heterocycles. The maximum absolute atomic E-state index is 13.6. The molecule has 1 aromatic carbocycles. The molecule has 1 atom stereocenters. The van der Waals surface area contributed by atoms with E-state index < -0.39 is 11.7 Å². The number of hydrogen-bond acceptors (Lipinski definition) is 3. The summed E-state index contributed by atoms with van der Waals surface area (Å²) in [7, 11) is 0. The second-order valence-electron chi connectivity index (χ2n) is 4.20. The van der Waals surface area contributed by atoms with E-state index >= 15 is 0 Å². The van der Waals surface area contributed by atoms with Crippen LogP contribution in [-0.2, 0) is 0 Å². The van der Waals surface area contributed by atoms with Crippen molar-refractivity contribution in [1.82, 2.24) is 5.32 Å². The Kier molecular flexibility index (Phi) is 3.97. The van der Waals surface area contributed by atoms with Crippen LogP contribution in [-0.4, -0.2) is 23.7 Å². The van der Waals surface area contributed by atoms with Crippen molar-refractivity contribution in [2.24, 2.45) is 0 Å². The highest BCUT2D eigenvalue weighted by Gasteiger charge is 2.15. The number of aliphatic hydroxyl groups excluding tert-OH is 1. The summed E-state index contributed by atoms with van der Waals surface area (Å²) in [6.45, 7) is 1.51. The number of amides is 1. The molecule has 2 aromatic rings. The average Bonchev–Trinajstić information content (AvgIpc) is 2.88. The third-order valence-electron chi connectivity index (χ3n) is 2.62. The van der Waals surface area contributed by atoms with Crippen molar-refractivity contribution in [1.29, 1.82) is 0 Å². The molecule has 0 bridgehead atoms. The van der Waals surface area contributed by atoms with Gasteiger partial charge in [-0.25, -0.2) is 4.39 Å². The van der Waals surface area contributed by atoms with Crippen LogP contribution in [0.2, 0.25) is 0 Å². The lowest BCUT2D eigenvalue weighted by Crippen LogP contribution is -2.34. The van der Waals surface area contributed by atoms with Crippen LogP contribution in [0.3, 0.4) is 0 Å². The number of rotatable bonds is 4. The Bertz CT molecular complexity index is 580. The van der Waals surface area contributed by atoms with Gasteiger partial charge in [0.15, 0.2) is 5.76 Å². The smallest absolute Gasteiger partial charge is 0.287 e. The van der Waals surface area contributed by atoms with Crippen LogP contribution in [0.4, 0.5) is 4.39 Å². The number of carbonyl (C=O) groups is 1. The molecule has 2 N–H and O–H groups in total. The highest BCUT2D eigenvalue weighted by Crippen LogP contribution is 2.24. The highest BCUT2D eigenvalue weighted by molar-refractivity contribution is 5.92. The SMILES string of the molecule is C[C@@H](CO)NC(=O)c1ccc(-c2ccccc2F)o1. The number of halogens is 1. The third kappa shape index (κ3) is 3.00. The fourth-order valence-corrected chi connectivity index (χ4v) is 1.61. The van der Waals surface area contributed by atoms with Crippen molar-refractivity contribution < 1.29 is 18.7 Å². The van der Waals surface area contributed by atoms with E-state index in [9.17, 15) is 9.18 Å². The average molecular weight is 263 g/mol. The quantitative estimate of drug-likeness (QED) is 0.888. The molecule has 19 heavy (non-hydrogen) atoms. The molecular weight excluding hydrogens is 249 g/mol. The Balaban J connectivity index is 2.20. The lowest BCUT2D eigenvalue weighted by atomic mass is 10.1. The van der Waals surface area contributed by atoms with E-state index in [1.807, 2.05) is 0 Å². The van der Waals surface area contributed by atoms with Crippen molar-refractivity contribution >= 4 is 5.91 Å². The van der Waals surface area contributed by atoms with E-state index in [2.05, 4.69) is 5.32 Å². The van der Waals surface area contributed by atoms with Gasteiger partial charge in [0.1, 0.15) is 11.6 Å². The fourth-order valence-electron chi connectivity index (χ4n) is 1.61. The van der Waals surface area contributed by atoms with Crippen LogP contribution in [0.5, 0.6) is 0 Å². The van der Waals surface area contributed by atoms with Crippen molar-refractivity contribution in [3.8, 4) is 11.3 Å². The monoisotopic (exact) mass is 263 g/mol. The van der Waals surface area contributed by atoms with Gasteiger partial charge in [-0.3, -0.25) is 4.79 Å². The molecule has 5 heteroatoms. The predicted octanol–water partition coefficient (Wildman–Crippen LogP) is 2.20. The van der Waals surface area contributed by atoms with E-state index in [-0.39, 0.29) is 18.4 Å². The summed E-state index contributed by atoms with van der Waals surface area (Å²) in [5.74, 6) is -0.477. The van der Waals surface area contributed by atoms with E-state index in [0.717, 1.165) is 0 Å². The van der Waals surface area contributed by atoms with Gasteiger partial charge >= 0.3 is 0 Å². The molecule has 0 saturated carbocycles. The van der Waals surface area contributed by atoms with Crippen LogP contribution >= 0.6 is 0 Å². The second-order valence-corrected chi connectivity index (χ2v) is 4.20. The van der Waals surface area contributed by atoms with Crippen molar-refractivity contribution in [2.45, 2.75) is 13.0 Å².